The SMILES string of the molecule is CNc1nnc(CN2CCC(C(=O)OC)CC2)s1. The second-order valence-electron chi connectivity index (χ2n) is 4.32. The molecular weight excluding hydrogens is 252 g/mol. The molecule has 2 rings (SSSR count). The molecule has 1 fully saturated rings. The first-order chi connectivity index (χ1) is 8.72. The molecule has 7 heteroatoms. The van der Waals surface area contributed by atoms with Gasteiger partial charge in [-0.1, -0.05) is 11.3 Å². The van der Waals surface area contributed by atoms with Crippen LogP contribution in [0.15, 0.2) is 0 Å². The van der Waals surface area contributed by atoms with Crippen LogP contribution in [0.1, 0.15) is 17.8 Å². The van der Waals surface area contributed by atoms with E-state index >= 15 is 0 Å². The Labute approximate surface area is 110 Å². The molecule has 0 unspecified atom stereocenters. The number of rotatable bonds is 4. The first-order valence-corrected chi connectivity index (χ1v) is 6.85. The van der Waals surface area contributed by atoms with E-state index in [4.69, 9.17) is 4.74 Å². The summed E-state index contributed by atoms with van der Waals surface area (Å²) in [5.74, 6) is -0.0171. The Morgan fingerprint density at radius 1 is 1.50 bits per heavy atom. The van der Waals surface area contributed by atoms with Crippen molar-refractivity contribution < 1.29 is 9.53 Å². The summed E-state index contributed by atoms with van der Waals surface area (Å²) in [6, 6.07) is 0. The Morgan fingerprint density at radius 3 is 2.78 bits per heavy atom. The number of piperidine rings is 1. The van der Waals surface area contributed by atoms with Gasteiger partial charge in [0.15, 0.2) is 0 Å². The molecule has 0 atom stereocenters. The predicted octanol–water partition coefficient (Wildman–Crippen LogP) is 0.965. The minimum atomic E-state index is -0.0805. The zero-order chi connectivity index (χ0) is 13.0. The molecule has 0 amide bonds. The van der Waals surface area contributed by atoms with Crippen LogP contribution >= 0.6 is 11.3 Å². The summed E-state index contributed by atoms with van der Waals surface area (Å²) >= 11 is 1.57. The standard InChI is InChI=1S/C11H18N4O2S/c1-12-11-14-13-9(18-11)7-15-5-3-8(4-6-15)10(16)17-2/h8H,3-7H2,1-2H3,(H,12,14). The number of likely N-dealkylation sites (tertiary alicyclic amines) is 1. The Hall–Kier alpha value is -1.21. The molecule has 1 aromatic heterocycles. The van der Waals surface area contributed by atoms with Crippen LogP contribution in [0.2, 0.25) is 0 Å². The van der Waals surface area contributed by atoms with Crippen molar-refractivity contribution in [2.45, 2.75) is 19.4 Å². The smallest absolute Gasteiger partial charge is 0.308 e. The van der Waals surface area contributed by atoms with Crippen molar-refractivity contribution in [1.82, 2.24) is 15.1 Å². The van der Waals surface area contributed by atoms with E-state index in [1.165, 1.54) is 7.11 Å². The number of ether oxygens (including phenoxy) is 1. The predicted molar refractivity (Wildman–Crippen MR) is 69.5 cm³/mol. The maximum absolute atomic E-state index is 11.4. The maximum atomic E-state index is 11.4. The molecule has 6 nitrogen and oxygen atoms in total. The summed E-state index contributed by atoms with van der Waals surface area (Å²) in [6.07, 6.45) is 1.73. The zero-order valence-corrected chi connectivity index (χ0v) is 11.5. The molecule has 1 N–H and O–H groups in total. The van der Waals surface area contributed by atoms with Crippen LogP contribution in [0, 0.1) is 5.92 Å². The van der Waals surface area contributed by atoms with E-state index in [0.717, 1.165) is 42.6 Å². The molecule has 18 heavy (non-hydrogen) atoms. The number of esters is 1. The minimum absolute atomic E-state index is 0.0635. The molecule has 1 saturated heterocycles. The summed E-state index contributed by atoms with van der Waals surface area (Å²) in [5, 5.41) is 13.0. The Kier molecular flexibility index (Phi) is 4.48. The number of hydrogen-bond donors (Lipinski definition) is 1. The number of hydrogen-bond acceptors (Lipinski definition) is 7. The number of carbonyl (C=O) groups excluding carboxylic acids is 1. The zero-order valence-electron chi connectivity index (χ0n) is 10.7. The molecule has 1 aliphatic heterocycles. The summed E-state index contributed by atoms with van der Waals surface area (Å²) in [6.45, 7) is 2.63. The third-order valence-electron chi connectivity index (χ3n) is 3.16. The average molecular weight is 270 g/mol. The van der Waals surface area contributed by atoms with Crippen molar-refractivity contribution in [2.75, 3.05) is 32.6 Å². The highest BCUT2D eigenvalue weighted by Gasteiger charge is 2.25. The molecule has 0 spiro atoms. The van der Waals surface area contributed by atoms with E-state index in [9.17, 15) is 4.79 Å². The van der Waals surface area contributed by atoms with Gasteiger partial charge in [0, 0.05) is 7.05 Å². The van der Waals surface area contributed by atoms with Gasteiger partial charge in [-0.15, -0.1) is 10.2 Å². The van der Waals surface area contributed by atoms with Gasteiger partial charge in [-0.25, -0.2) is 0 Å². The molecule has 1 aromatic rings. The topological polar surface area (TPSA) is 67.4 Å². The second-order valence-corrected chi connectivity index (χ2v) is 5.39. The summed E-state index contributed by atoms with van der Waals surface area (Å²) < 4.78 is 4.78. The van der Waals surface area contributed by atoms with Crippen molar-refractivity contribution in [3.05, 3.63) is 5.01 Å². The van der Waals surface area contributed by atoms with Gasteiger partial charge in [-0.05, 0) is 25.9 Å². The van der Waals surface area contributed by atoms with Crippen LogP contribution < -0.4 is 5.32 Å². The molecule has 1 aliphatic rings. The number of carbonyl (C=O) groups is 1. The number of nitrogens with zero attached hydrogens (tertiary/aromatic N) is 3. The van der Waals surface area contributed by atoms with Crippen LogP contribution in [0.25, 0.3) is 0 Å². The van der Waals surface area contributed by atoms with E-state index < -0.39 is 0 Å². The monoisotopic (exact) mass is 270 g/mol. The highest BCUT2D eigenvalue weighted by Crippen LogP contribution is 2.22. The van der Waals surface area contributed by atoms with Gasteiger partial charge < -0.3 is 10.1 Å². The van der Waals surface area contributed by atoms with Crippen LogP contribution in [0.5, 0.6) is 0 Å². The maximum Gasteiger partial charge on any atom is 0.308 e. The van der Waals surface area contributed by atoms with Crippen molar-refractivity contribution >= 4 is 22.4 Å². The van der Waals surface area contributed by atoms with Crippen LogP contribution in [-0.2, 0) is 16.1 Å². The molecule has 0 bridgehead atoms. The molecular formula is C11H18N4O2S. The van der Waals surface area contributed by atoms with Crippen molar-refractivity contribution in [2.24, 2.45) is 5.92 Å². The van der Waals surface area contributed by atoms with E-state index in [0.29, 0.717) is 0 Å². The largest absolute Gasteiger partial charge is 0.469 e. The van der Waals surface area contributed by atoms with Gasteiger partial charge in [0.05, 0.1) is 19.6 Å². The minimum Gasteiger partial charge on any atom is -0.469 e. The van der Waals surface area contributed by atoms with Crippen molar-refractivity contribution in [3.63, 3.8) is 0 Å². The Balaban J connectivity index is 1.81. The van der Waals surface area contributed by atoms with Crippen molar-refractivity contribution in [3.8, 4) is 0 Å². The first kappa shape index (κ1) is 13.2. The lowest BCUT2D eigenvalue weighted by Crippen LogP contribution is -2.36. The molecule has 2 heterocycles. The van der Waals surface area contributed by atoms with Crippen molar-refractivity contribution in [1.29, 1.82) is 0 Å². The van der Waals surface area contributed by atoms with E-state index in [1.807, 2.05) is 7.05 Å². The second kappa shape index (κ2) is 6.10. The van der Waals surface area contributed by atoms with E-state index in [2.05, 4.69) is 20.4 Å². The third kappa shape index (κ3) is 3.17. The number of aromatic nitrogens is 2. The first-order valence-electron chi connectivity index (χ1n) is 6.03. The number of nitrogens with one attached hydrogen (secondary N) is 1. The molecule has 100 valence electrons. The lowest BCUT2D eigenvalue weighted by molar-refractivity contribution is -0.147. The van der Waals surface area contributed by atoms with E-state index in [1.54, 1.807) is 11.3 Å². The number of anilines is 1. The summed E-state index contributed by atoms with van der Waals surface area (Å²) in [7, 11) is 3.29. The quantitative estimate of drug-likeness (QED) is 0.822. The molecule has 0 radical (unpaired) electrons. The fourth-order valence-electron chi connectivity index (χ4n) is 2.10. The van der Waals surface area contributed by atoms with Crippen LogP contribution in [0.4, 0.5) is 5.13 Å². The lowest BCUT2D eigenvalue weighted by atomic mass is 9.97. The molecule has 0 aromatic carbocycles. The normalized spacial score (nSPS) is 17.7. The van der Waals surface area contributed by atoms with Gasteiger partial charge in [0.25, 0.3) is 0 Å². The van der Waals surface area contributed by atoms with Gasteiger partial charge in [0.2, 0.25) is 5.13 Å². The van der Waals surface area contributed by atoms with Gasteiger partial charge >= 0.3 is 5.97 Å². The van der Waals surface area contributed by atoms with Gasteiger partial charge in [-0.2, -0.15) is 0 Å². The van der Waals surface area contributed by atoms with Gasteiger partial charge in [0.1, 0.15) is 5.01 Å². The third-order valence-corrected chi connectivity index (χ3v) is 4.09. The number of methoxy groups -OCH3 is 1. The Morgan fingerprint density at radius 2 is 2.22 bits per heavy atom. The summed E-state index contributed by atoms with van der Waals surface area (Å²) in [4.78, 5) is 13.7. The Bertz CT molecular complexity index is 402. The van der Waals surface area contributed by atoms with E-state index in [-0.39, 0.29) is 11.9 Å². The molecule has 0 aliphatic carbocycles. The van der Waals surface area contributed by atoms with Gasteiger partial charge in [-0.3, -0.25) is 9.69 Å². The van der Waals surface area contributed by atoms with Crippen LogP contribution in [0.3, 0.4) is 0 Å². The molecule has 0 saturated carbocycles. The average Bonchev–Trinajstić information content (AvgIpc) is 2.86. The fraction of sp³-hybridized carbons (Fsp3) is 0.727. The lowest BCUT2D eigenvalue weighted by Gasteiger charge is -2.29. The summed E-state index contributed by atoms with van der Waals surface area (Å²) in [5.41, 5.74) is 0. The highest BCUT2D eigenvalue weighted by molar-refractivity contribution is 7.15. The van der Waals surface area contributed by atoms with Crippen LogP contribution in [-0.4, -0.2) is 48.3 Å². The highest BCUT2D eigenvalue weighted by atomic mass is 32.1. The fourth-order valence-corrected chi connectivity index (χ4v) is 2.84.